The van der Waals surface area contributed by atoms with Crippen LogP contribution in [0, 0.1) is 6.92 Å². The van der Waals surface area contributed by atoms with Crippen LogP contribution in [0.3, 0.4) is 0 Å². The van der Waals surface area contributed by atoms with Gasteiger partial charge in [-0.15, -0.1) is 0 Å². The lowest BCUT2D eigenvalue weighted by Crippen LogP contribution is -2.67. The van der Waals surface area contributed by atoms with Crippen molar-refractivity contribution in [3.05, 3.63) is 209 Å². The predicted molar refractivity (Wildman–Crippen MR) is 250 cm³/mol. The molecule has 0 spiro atoms. The summed E-state index contributed by atoms with van der Waals surface area (Å²) in [5, 5.41) is 0. The highest BCUT2D eigenvalue weighted by Gasteiger charge is 2.56. The van der Waals surface area contributed by atoms with Gasteiger partial charge >= 0.3 is 0 Å². The zero-order valence-corrected chi connectivity index (χ0v) is 38.2. The van der Waals surface area contributed by atoms with Gasteiger partial charge < -0.3 is 56.8 Å². The van der Waals surface area contributed by atoms with Crippen molar-refractivity contribution >= 4 is 0 Å². The molecule has 4 aliphatic heterocycles. The third kappa shape index (κ3) is 11.2. The number of fused-ring (bicyclic) bond motifs is 2. The number of aryl methyl sites for hydroxylation is 1. The molecular weight excluding hydrogens is 865 g/mol. The van der Waals surface area contributed by atoms with Gasteiger partial charge in [0.15, 0.2) is 25.2 Å². The molecule has 4 fully saturated rings. The van der Waals surface area contributed by atoms with E-state index in [9.17, 15) is 0 Å². The van der Waals surface area contributed by atoms with Gasteiger partial charge in [-0.2, -0.15) is 0 Å². The molecule has 12 heteroatoms. The van der Waals surface area contributed by atoms with Crippen LogP contribution in [0.2, 0.25) is 0 Å². The molecule has 0 bridgehead atoms. The summed E-state index contributed by atoms with van der Waals surface area (Å²) in [6.07, 6.45) is -8.95. The van der Waals surface area contributed by atoms with Crippen LogP contribution in [0.4, 0.5) is 0 Å². The average molecular weight is 923 g/mol. The number of methoxy groups -OCH3 is 1. The Balaban J connectivity index is 0.992. The second kappa shape index (κ2) is 22.4. The van der Waals surface area contributed by atoms with Gasteiger partial charge in [-0.25, -0.2) is 0 Å². The monoisotopic (exact) mass is 922 g/mol. The number of hydrogen-bond acceptors (Lipinski definition) is 12. The fraction of sp³-hybridized carbons (Fsp3) is 0.357. The molecule has 68 heavy (non-hydrogen) atoms. The van der Waals surface area contributed by atoms with Gasteiger partial charge in [0.05, 0.1) is 46.8 Å². The van der Waals surface area contributed by atoms with Crippen LogP contribution in [0.25, 0.3) is 0 Å². The summed E-state index contributed by atoms with van der Waals surface area (Å²) in [4.78, 5) is 0. The summed E-state index contributed by atoms with van der Waals surface area (Å²) in [5.41, 5.74) is 6.79. The average Bonchev–Trinajstić information content (AvgIpc) is 3.40. The van der Waals surface area contributed by atoms with E-state index in [0.717, 1.165) is 44.7 Å². The first kappa shape index (κ1) is 46.4. The molecule has 4 aliphatic rings. The zero-order valence-electron chi connectivity index (χ0n) is 38.2. The lowest BCUT2D eigenvalue weighted by molar-refractivity contribution is -0.422. The van der Waals surface area contributed by atoms with E-state index >= 15 is 0 Å². The van der Waals surface area contributed by atoms with Crippen molar-refractivity contribution in [2.24, 2.45) is 0 Å². The lowest BCUT2D eigenvalue weighted by Gasteiger charge is -2.52. The molecule has 6 aromatic carbocycles. The maximum absolute atomic E-state index is 7.17. The quantitative estimate of drug-likeness (QED) is 0.0870. The van der Waals surface area contributed by atoms with E-state index in [4.69, 9.17) is 56.8 Å². The van der Waals surface area contributed by atoms with E-state index in [1.54, 1.807) is 7.11 Å². The standard InChI is InChI=1S/C56H58O12/c1-37-23-25-42(26-24-37)53-62-35-45-47(66-53)49(58-31-38-15-7-3-8-16-38)51(60-33-40-19-11-5-12-20-40)55(64-45)68-56-52(61-34-41-21-13-6-14-22-41)50(59-32-39-17-9-4-10-18-39)48-46(65-56)36-63-54(67-48)43-27-29-44(57-2)30-28-43/h3-30,45-56H,31-36H2,1-2H3/t45-,46-,47-,48-,49+,50+,51-,52-,53?,54?,55-,56-/m1/s1. The molecule has 4 saturated heterocycles. The van der Waals surface area contributed by atoms with Crippen LogP contribution in [0.15, 0.2) is 170 Å². The summed E-state index contributed by atoms with van der Waals surface area (Å²) >= 11 is 0. The molecular formula is C56H58O12. The predicted octanol–water partition coefficient (Wildman–Crippen LogP) is 9.34. The van der Waals surface area contributed by atoms with Gasteiger partial charge in [0, 0.05) is 11.1 Å². The summed E-state index contributed by atoms with van der Waals surface area (Å²) in [7, 11) is 1.64. The number of hydrogen-bond donors (Lipinski definition) is 0. The molecule has 6 aromatic rings. The Labute approximate surface area is 397 Å². The van der Waals surface area contributed by atoms with Crippen molar-refractivity contribution in [2.75, 3.05) is 20.3 Å². The Morgan fingerprint density at radius 3 is 1.13 bits per heavy atom. The van der Waals surface area contributed by atoms with Crippen molar-refractivity contribution in [1.82, 2.24) is 0 Å². The van der Waals surface area contributed by atoms with Gasteiger partial charge in [0.2, 0.25) is 0 Å². The van der Waals surface area contributed by atoms with Gasteiger partial charge in [0.25, 0.3) is 0 Å². The first-order chi connectivity index (χ1) is 33.5. The molecule has 354 valence electrons. The first-order valence-corrected chi connectivity index (χ1v) is 23.4. The second-order valence-corrected chi connectivity index (χ2v) is 17.5. The van der Waals surface area contributed by atoms with Crippen molar-refractivity contribution in [3.8, 4) is 5.75 Å². The number of ether oxygens (including phenoxy) is 12. The van der Waals surface area contributed by atoms with Crippen LogP contribution >= 0.6 is 0 Å². The van der Waals surface area contributed by atoms with Gasteiger partial charge in [-0.05, 0) is 41.3 Å². The Morgan fingerprint density at radius 2 is 0.765 bits per heavy atom. The topological polar surface area (TPSA) is 111 Å². The van der Waals surface area contributed by atoms with E-state index in [2.05, 4.69) is 6.92 Å². The van der Waals surface area contributed by atoms with Crippen molar-refractivity contribution in [2.45, 2.75) is 107 Å². The molecule has 10 rings (SSSR count). The summed E-state index contributed by atoms with van der Waals surface area (Å²) < 4.78 is 80.7. The molecule has 12 nitrogen and oxygen atoms in total. The molecule has 0 aliphatic carbocycles. The maximum Gasteiger partial charge on any atom is 0.190 e. The summed E-state index contributed by atoms with van der Waals surface area (Å²) in [5.74, 6) is 0.731. The third-order valence-corrected chi connectivity index (χ3v) is 12.7. The highest BCUT2D eigenvalue weighted by molar-refractivity contribution is 5.28. The zero-order chi connectivity index (χ0) is 46.1. The van der Waals surface area contributed by atoms with Gasteiger partial charge in [-0.1, -0.05) is 163 Å². The Morgan fingerprint density at radius 1 is 0.412 bits per heavy atom. The highest BCUT2D eigenvalue weighted by Crippen LogP contribution is 2.42. The smallest absolute Gasteiger partial charge is 0.190 e. The molecule has 0 amide bonds. The lowest BCUT2D eigenvalue weighted by atomic mass is 9.95. The molecule has 12 atom stereocenters. The minimum Gasteiger partial charge on any atom is -0.497 e. The van der Waals surface area contributed by atoms with E-state index in [1.165, 1.54) is 0 Å². The third-order valence-electron chi connectivity index (χ3n) is 12.7. The van der Waals surface area contributed by atoms with E-state index < -0.39 is 74.0 Å². The molecule has 4 heterocycles. The Hall–Kier alpha value is -5.32. The molecule has 0 aromatic heterocycles. The first-order valence-electron chi connectivity index (χ1n) is 23.4. The molecule has 0 N–H and O–H groups in total. The Bertz CT molecular complexity index is 2430. The van der Waals surface area contributed by atoms with E-state index in [0.29, 0.717) is 0 Å². The minimum absolute atomic E-state index is 0.187. The van der Waals surface area contributed by atoms with Gasteiger partial charge in [0.1, 0.15) is 54.6 Å². The van der Waals surface area contributed by atoms with Crippen molar-refractivity contribution in [3.63, 3.8) is 0 Å². The van der Waals surface area contributed by atoms with Crippen LogP contribution in [0.5, 0.6) is 5.75 Å². The summed E-state index contributed by atoms with van der Waals surface area (Å²) in [6.45, 7) is 3.51. The summed E-state index contributed by atoms with van der Waals surface area (Å²) in [6, 6.07) is 55.9. The van der Waals surface area contributed by atoms with E-state index in [1.807, 2.05) is 170 Å². The number of rotatable bonds is 17. The maximum atomic E-state index is 7.17. The SMILES string of the molecule is COc1ccc(C2OC[C@H]3O[C@H](O[C@H]4O[C@@H]5COC(c6ccc(C)cc6)O[C@H]5[C@H](OCc5ccccc5)[C@H]4OCc4ccccc4)[C@H](OCc4ccccc4)[C@@H](OCc4ccccc4)[C@@H]3O2)cc1. The fourth-order valence-electron chi connectivity index (χ4n) is 9.07. The second-order valence-electron chi connectivity index (χ2n) is 17.5. The van der Waals surface area contributed by atoms with Crippen LogP contribution in [-0.2, 0) is 78.5 Å². The van der Waals surface area contributed by atoms with Crippen LogP contribution in [-0.4, -0.2) is 81.7 Å². The highest BCUT2D eigenvalue weighted by atomic mass is 16.8. The normalized spacial score (nSPS) is 29.1. The number of benzene rings is 6. The minimum atomic E-state index is -1.06. The van der Waals surface area contributed by atoms with E-state index in [-0.39, 0.29) is 39.6 Å². The molecule has 0 radical (unpaired) electrons. The van der Waals surface area contributed by atoms with Crippen molar-refractivity contribution < 1.29 is 56.8 Å². The molecule has 2 unspecified atom stereocenters. The van der Waals surface area contributed by atoms with Gasteiger partial charge in [-0.3, -0.25) is 0 Å². The molecule has 0 saturated carbocycles. The largest absolute Gasteiger partial charge is 0.497 e. The van der Waals surface area contributed by atoms with Crippen LogP contribution < -0.4 is 4.74 Å². The van der Waals surface area contributed by atoms with Crippen LogP contribution in [0.1, 0.15) is 51.5 Å². The fourth-order valence-corrected chi connectivity index (χ4v) is 9.07. The Kier molecular flexibility index (Phi) is 15.3. The van der Waals surface area contributed by atoms with Crippen molar-refractivity contribution in [1.29, 1.82) is 0 Å².